The van der Waals surface area contributed by atoms with Crippen LogP contribution in [0.3, 0.4) is 0 Å². The number of anilines is 2. The van der Waals surface area contributed by atoms with Crippen molar-refractivity contribution in [1.82, 2.24) is 0 Å². The number of ether oxygens (including phenoxy) is 2. The van der Waals surface area contributed by atoms with Gasteiger partial charge in [-0.25, -0.2) is 8.78 Å². The molecule has 1 aromatic heterocycles. The van der Waals surface area contributed by atoms with E-state index in [9.17, 15) is 18.4 Å². The van der Waals surface area contributed by atoms with Crippen LogP contribution in [-0.4, -0.2) is 26.0 Å². The molecule has 0 radical (unpaired) electrons. The highest BCUT2D eigenvalue weighted by Crippen LogP contribution is 2.35. The molecule has 0 saturated carbocycles. The zero-order valence-electron chi connectivity index (χ0n) is 18.3. The van der Waals surface area contributed by atoms with Gasteiger partial charge in [0.15, 0.2) is 0 Å². The predicted molar refractivity (Wildman–Crippen MR) is 128 cm³/mol. The Labute approximate surface area is 198 Å². The summed E-state index contributed by atoms with van der Waals surface area (Å²) in [5, 5.41) is 5.81. The molecule has 4 rings (SSSR count). The maximum atomic E-state index is 14.4. The third kappa shape index (κ3) is 4.75. The highest BCUT2D eigenvalue weighted by molar-refractivity contribution is 7.21. The van der Waals surface area contributed by atoms with E-state index in [1.54, 1.807) is 24.3 Å². The fraction of sp³-hybridized carbons (Fsp3) is 0.120. The Bertz CT molecular complexity index is 1390. The molecule has 0 unspecified atom stereocenters. The van der Waals surface area contributed by atoms with Gasteiger partial charge in [-0.3, -0.25) is 9.59 Å². The number of carbonyl (C=O) groups excluding carboxylic acids is 2. The standard InChI is InChI=1S/C25H20F2N2O4S/c1-32-13-17-22-18(27)7-4-8-21(22)34-23(17)25(31)28-16-9-10-20(33-2)19(12-16)29-24(30)14-5-3-6-15(26)11-14/h3-12H,13H2,1-2H3,(H,28,31)(H,29,30). The minimum Gasteiger partial charge on any atom is -0.495 e. The Hall–Kier alpha value is -3.82. The molecule has 0 atom stereocenters. The van der Waals surface area contributed by atoms with Gasteiger partial charge in [0.2, 0.25) is 0 Å². The van der Waals surface area contributed by atoms with Crippen molar-refractivity contribution >= 4 is 44.6 Å². The van der Waals surface area contributed by atoms with Gasteiger partial charge in [-0.2, -0.15) is 0 Å². The third-order valence-corrected chi connectivity index (χ3v) is 6.25. The number of nitrogens with one attached hydrogen (secondary N) is 2. The second-order valence-electron chi connectivity index (χ2n) is 7.29. The normalized spacial score (nSPS) is 10.8. The molecule has 0 aliphatic heterocycles. The molecule has 0 aliphatic rings. The Morgan fingerprint density at radius 3 is 2.47 bits per heavy atom. The van der Waals surface area contributed by atoms with Crippen molar-refractivity contribution in [3.63, 3.8) is 0 Å². The molecule has 1 heterocycles. The first-order valence-corrected chi connectivity index (χ1v) is 11.0. The summed E-state index contributed by atoms with van der Waals surface area (Å²) in [5.41, 5.74) is 1.26. The summed E-state index contributed by atoms with van der Waals surface area (Å²) in [4.78, 5) is 26.0. The summed E-state index contributed by atoms with van der Waals surface area (Å²) in [5.74, 6) is -1.59. The van der Waals surface area contributed by atoms with E-state index in [1.807, 2.05) is 0 Å². The maximum absolute atomic E-state index is 14.4. The summed E-state index contributed by atoms with van der Waals surface area (Å²) in [6.45, 7) is 0.0707. The van der Waals surface area contributed by atoms with Crippen LogP contribution in [0.15, 0.2) is 60.7 Å². The number of amides is 2. The lowest BCUT2D eigenvalue weighted by molar-refractivity contribution is 0.101. The first kappa shape index (κ1) is 23.3. The van der Waals surface area contributed by atoms with Gasteiger partial charge in [0, 0.05) is 34.0 Å². The molecule has 34 heavy (non-hydrogen) atoms. The molecule has 2 amide bonds. The fourth-order valence-electron chi connectivity index (χ4n) is 3.53. The van der Waals surface area contributed by atoms with Gasteiger partial charge < -0.3 is 20.1 Å². The third-order valence-electron chi connectivity index (χ3n) is 5.05. The van der Waals surface area contributed by atoms with Crippen molar-refractivity contribution < 1.29 is 27.8 Å². The van der Waals surface area contributed by atoms with Crippen LogP contribution in [0.25, 0.3) is 10.1 Å². The van der Waals surface area contributed by atoms with E-state index in [4.69, 9.17) is 9.47 Å². The smallest absolute Gasteiger partial charge is 0.266 e. The Morgan fingerprint density at radius 1 is 0.941 bits per heavy atom. The predicted octanol–water partition coefficient (Wildman–Crippen LogP) is 5.84. The molecule has 6 nitrogen and oxygen atoms in total. The minimum absolute atomic E-state index is 0.0707. The van der Waals surface area contributed by atoms with Crippen LogP contribution < -0.4 is 15.4 Å². The SMILES string of the molecule is COCc1c(C(=O)Nc2ccc(OC)c(NC(=O)c3cccc(F)c3)c2)sc2cccc(F)c12. The molecule has 2 N–H and O–H groups in total. The van der Waals surface area contributed by atoms with Crippen molar-refractivity contribution in [3.05, 3.63) is 88.3 Å². The summed E-state index contributed by atoms with van der Waals surface area (Å²) in [6.07, 6.45) is 0. The van der Waals surface area contributed by atoms with Gasteiger partial charge in [0.1, 0.15) is 17.4 Å². The van der Waals surface area contributed by atoms with Gasteiger partial charge in [-0.1, -0.05) is 12.1 Å². The molecule has 0 bridgehead atoms. The van der Waals surface area contributed by atoms with Crippen molar-refractivity contribution in [2.24, 2.45) is 0 Å². The van der Waals surface area contributed by atoms with Crippen molar-refractivity contribution in [2.75, 3.05) is 24.9 Å². The topological polar surface area (TPSA) is 76.7 Å². The maximum Gasteiger partial charge on any atom is 0.266 e. The summed E-state index contributed by atoms with van der Waals surface area (Å²) >= 11 is 1.16. The molecule has 0 saturated heterocycles. The van der Waals surface area contributed by atoms with Crippen LogP contribution in [0.4, 0.5) is 20.2 Å². The summed E-state index contributed by atoms with van der Waals surface area (Å²) in [7, 11) is 2.91. The van der Waals surface area contributed by atoms with Crippen LogP contribution in [0.5, 0.6) is 5.75 Å². The largest absolute Gasteiger partial charge is 0.495 e. The lowest BCUT2D eigenvalue weighted by Gasteiger charge is -2.13. The van der Waals surface area contributed by atoms with E-state index in [0.29, 0.717) is 32.0 Å². The van der Waals surface area contributed by atoms with Gasteiger partial charge in [0.05, 0.1) is 24.3 Å². The number of hydrogen-bond donors (Lipinski definition) is 2. The second-order valence-corrected chi connectivity index (χ2v) is 8.34. The Kier molecular flexibility index (Phi) is 6.85. The van der Waals surface area contributed by atoms with Crippen molar-refractivity contribution in [1.29, 1.82) is 0 Å². The molecule has 4 aromatic rings. The minimum atomic E-state index is -0.538. The van der Waals surface area contributed by atoms with E-state index < -0.39 is 23.4 Å². The van der Waals surface area contributed by atoms with E-state index >= 15 is 0 Å². The number of methoxy groups -OCH3 is 2. The molecule has 0 aliphatic carbocycles. The van der Waals surface area contributed by atoms with E-state index in [-0.39, 0.29) is 17.9 Å². The number of thiophene rings is 1. The van der Waals surface area contributed by atoms with Gasteiger partial charge in [-0.05, 0) is 48.5 Å². The number of halogens is 2. The first-order valence-electron chi connectivity index (χ1n) is 10.2. The van der Waals surface area contributed by atoms with E-state index in [1.165, 1.54) is 44.6 Å². The van der Waals surface area contributed by atoms with Crippen LogP contribution >= 0.6 is 11.3 Å². The van der Waals surface area contributed by atoms with Gasteiger partial charge in [-0.15, -0.1) is 11.3 Å². The van der Waals surface area contributed by atoms with Crippen molar-refractivity contribution in [3.8, 4) is 5.75 Å². The summed E-state index contributed by atoms with van der Waals surface area (Å²) < 4.78 is 39.1. The second kappa shape index (κ2) is 9.98. The molecular weight excluding hydrogens is 462 g/mol. The molecule has 174 valence electrons. The fourth-order valence-corrected chi connectivity index (χ4v) is 4.65. The van der Waals surface area contributed by atoms with E-state index in [0.717, 1.165) is 17.4 Å². The number of benzene rings is 3. The zero-order chi connectivity index (χ0) is 24.2. The molecule has 9 heteroatoms. The number of fused-ring (bicyclic) bond motifs is 1. The lowest BCUT2D eigenvalue weighted by atomic mass is 10.1. The van der Waals surface area contributed by atoms with Crippen LogP contribution in [0.1, 0.15) is 25.6 Å². The van der Waals surface area contributed by atoms with Crippen LogP contribution in [0.2, 0.25) is 0 Å². The Balaban J connectivity index is 1.62. The molecule has 0 fully saturated rings. The Morgan fingerprint density at radius 2 is 1.74 bits per heavy atom. The van der Waals surface area contributed by atoms with Crippen molar-refractivity contribution in [2.45, 2.75) is 6.61 Å². The average Bonchev–Trinajstić information content (AvgIpc) is 3.19. The number of carbonyl (C=O) groups is 2. The highest BCUT2D eigenvalue weighted by atomic mass is 32.1. The zero-order valence-corrected chi connectivity index (χ0v) is 19.1. The monoisotopic (exact) mass is 482 g/mol. The number of hydrogen-bond acceptors (Lipinski definition) is 5. The summed E-state index contributed by atoms with van der Waals surface area (Å²) in [6, 6.07) is 14.7. The number of rotatable bonds is 7. The van der Waals surface area contributed by atoms with Gasteiger partial charge >= 0.3 is 0 Å². The average molecular weight is 483 g/mol. The van der Waals surface area contributed by atoms with Gasteiger partial charge in [0.25, 0.3) is 11.8 Å². The van der Waals surface area contributed by atoms with Crippen LogP contribution in [0, 0.1) is 11.6 Å². The highest BCUT2D eigenvalue weighted by Gasteiger charge is 2.21. The quantitative estimate of drug-likeness (QED) is 0.347. The first-order chi connectivity index (χ1) is 16.4. The molecule has 0 spiro atoms. The molecule has 3 aromatic carbocycles. The molecular formula is C25H20F2N2O4S. The van der Waals surface area contributed by atoms with Crippen LogP contribution in [-0.2, 0) is 11.3 Å². The van der Waals surface area contributed by atoms with E-state index in [2.05, 4.69) is 10.6 Å². The lowest BCUT2D eigenvalue weighted by Crippen LogP contribution is -2.15.